The smallest absolute Gasteiger partial charge is 0.363 e. The lowest BCUT2D eigenvalue weighted by atomic mass is 9.98. The lowest BCUT2D eigenvalue weighted by Crippen LogP contribution is -2.21. The van der Waals surface area contributed by atoms with Gasteiger partial charge in [0.15, 0.2) is 5.82 Å². The van der Waals surface area contributed by atoms with Gasteiger partial charge in [0.25, 0.3) is 0 Å². The molecule has 2 N–H and O–H groups in total. The molecule has 1 aromatic carbocycles. The van der Waals surface area contributed by atoms with Crippen LogP contribution in [0, 0.1) is 6.92 Å². The Kier molecular flexibility index (Phi) is 4.09. The Morgan fingerprint density at radius 1 is 1.23 bits per heavy atom. The van der Waals surface area contributed by atoms with Crippen molar-refractivity contribution in [2.45, 2.75) is 45.1 Å². The summed E-state index contributed by atoms with van der Waals surface area (Å²) in [5.41, 5.74) is 8.01. The van der Waals surface area contributed by atoms with Gasteiger partial charge in [0.05, 0.1) is 5.69 Å². The summed E-state index contributed by atoms with van der Waals surface area (Å²) in [6.45, 7) is 2.00. The van der Waals surface area contributed by atoms with Crippen molar-refractivity contribution in [2.75, 3.05) is 5.73 Å². The highest BCUT2D eigenvalue weighted by Crippen LogP contribution is 2.22. The van der Waals surface area contributed by atoms with E-state index in [1.54, 1.807) is 0 Å². The first kappa shape index (κ1) is 14.6. The Labute approximate surface area is 129 Å². The van der Waals surface area contributed by atoms with Crippen LogP contribution in [0.1, 0.15) is 48.2 Å². The molecule has 1 heterocycles. The molecule has 0 bridgehead atoms. The molecule has 1 saturated carbocycles. The highest BCUT2D eigenvalue weighted by molar-refractivity contribution is 5.92. The van der Waals surface area contributed by atoms with E-state index in [0.29, 0.717) is 0 Å². The van der Waals surface area contributed by atoms with E-state index in [0.717, 1.165) is 36.9 Å². The third-order valence-corrected chi connectivity index (χ3v) is 4.00. The highest BCUT2D eigenvalue weighted by Gasteiger charge is 2.24. The van der Waals surface area contributed by atoms with Gasteiger partial charge in [0, 0.05) is 0 Å². The van der Waals surface area contributed by atoms with Gasteiger partial charge in [-0.15, -0.1) is 5.10 Å². The van der Waals surface area contributed by atoms with Crippen LogP contribution in [-0.2, 0) is 4.74 Å². The average molecular weight is 300 g/mol. The third kappa shape index (κ3) is 2.95. The normalized spacial score (nSPS) is 15.7. The molecule has 116 valence electrons. The van der Waals surface area contributed by atoms with Gasteiger partial charge in [-0.3, -0.25) is 0 Å². The second-order valence-corrected chi connectivity index (χ2v) is 5.74. The molecule has 0 atom stereocenters. The number of esters is 1. The van der Waals surface area contributed by atoms with E-state index in [-0.39, 0.29) is 17.6 Å². The molecule has 1 aromatic heterocycles. The van der Waals surface area contributed by atoms with Gasteiger partial charge < -0.3 is 10.5 Å². The predicted molar refractivity (Wildman–Crippen MR) is 82.8 cm³/mol. The summed E-state index contributed by atoms with van der Waals surface area (Å²) < 4.78 is 6.95. The van der Waals surface area contributed by atoms with Gasteiger partial charge >= 0.3 is 5.97 Å². The molecule has 0 amide bonds. The second-order valence-electron chi connectivity index (χ2n) is 5.74. The molecule has 6 nitrogen and oxygen atoms in total. The van der Waals surface area contributed by atoms with Crippen molar-refractivity contribution in [1.82, 2.24) is 15.0 Å². The molecule has 0 saturated heterocycles. The number of nitrogens with two attached hydrogens (primary N) is 1. The number of nitrogen functional groups attached to an aromatic ring is 1. The summed E-state index contributed by atoms with van der Waals surface area (Å²) >= 11 is 0. The fourth-order valence-electron chi connectivity index (χ4n) is 2.70. The SMILES string of the molecule is Cc1ccc(-n2nnc(C(=O)OC3CCCCC3)c2N)cc1. The summed E-state index contributed by atoms with van der Waals surface area (Å²) in [5.74, 6) is -0.271. The lowest BCUT2D eigenvalue weighted by Gasteiger charge is -2.21. The first-order valence-electron chi connectivity index (χ1n) is 7.64. The number of rotatable bonds is 3. The molecule has 1 aliphatic carbocycles. The third-order valence-electron chi connectivity index (χ3n) is 4.00. The van der Waals surface area contributed by atoms with E-state index < -0.39 is 5.97 Å². The van der Waals surface area contributed by atoms with Crippen molar-refractivity contribution in [3.8, 4) is 5.69 Å². The number of hydrogen-bond donors (Lipinski definition) is 1. The van der Waals surface area contributed by atoms with Crippen molar-refractivity contribution >= 4 is 11.8 Å². The van der Waals surface area contributed by atoms with Gasteiger partial charge in [0.1, 0.15) is 6.10 Å². The summed E-state index contributed by atoms with van der Waals surface area (Å²) in [7, 11) is 0. The Morgan fingerprint density at radius 3 is 2.59 bits per heavy atom. The van der Waals surface area contributed by atoms with Crippen LogP contribution in [0.2, 0.25) is 0 Å². The minimum absolute atomic E-state index is 0.0230. The number of benzene rings is 1. The molecule has 0 radical (unpaired) electrons. The zero-order valence-corrected chi connectivity index (χ0v) is 12.7. The van der Waals surface area contributed by atoms with E-state index >= 15 is 0 Å². The Morgan fingerprint density at radius 2 is 1.91 bits per heavy atom. The van der Waals surface area contributed by atoms with Crippen LogP contribution in [0.5, 0.6) is 0 Å². The zero-order valence-electron chi connectivity index (χ0n) is 12.7. The Hall–Kier alpha value is -2.37. The standard InChI is InChI=1S/C16H20N4O2/c1-11-7-9-12(10-8-11)20-15(17)14(18-19-20)16(21)22-13-5-3-2-4-6-13/h7-10,13H,2-6,17H2,1H3. The maximum Gasteiger partial charge on any atom is 0.363 e. The number of carbonyl (C=O) groups is 1. The van der Waals surface area contributed by atoms with E-state index in [1.807, 2.05) is 31.2 Å². The molecule has 0 aliphatic heterocycles. The summed E-state index contributed by atoms with van der Waals surface area (Å²) in [4.78, 5) is 12.2. The maximum atomic E-state index is 12.2. The monoisotopic (exact) mass is 300 g/mol. The molecule has 22 heavy (non-hydrogen) atoms. The molecule has 0 spiro atoms. The first-order valence-corrected chi connectivity index (χ1v) is 7.64. The number of hydrogen-bond acceptors (Lipinski definition) is 5. The Bertz CT molecular complexity index is 657. The van der Waals surface area contributed by atoms with E-state index in [1.165, 1.54) is 11.1 Å². The first-order chi connectivity index (χ1) is 10.6. The molecule has 2 aromatic rings. The summed E-state index contributed by atoms with van der Waals surface area (Å²) in [5, 5.41) is 7.86. The maximum absolute atomic E-state index is 12.2. The predicted octanol–water partition coefficient (Wildman–Crippen LogP) is 2.65. The number of aryl methyl sites for hydroxylation is 1. The minimum atomic E-state index is -0.484. The average Bonchev–Trinajstić information content (AvgIpc) is 2.91. The van der Waals surface area contributed by atoms with Gasteiger partial charge in [0.2, 0.25) is 5.69 Å². The van der Waals surface area contributed by atoms with Crippen molar-refractivity contribution in [2.24, 2.45) is 0 Å². The number of carbonyl (C=O) groups excluding carboxylic acids is 1. The summed E-state index contributed by atoms with van der Waals surface area (Å²) in [6.07, 6.45) is 5.22. The quantitative estimate of drug-likeness (QED) is 0.881. The largest absolute Gasteiger partial charge is 0.458 e. The van der Waals surface area contributed by atoms with E-state index in [9.17, 15) is 4.79 Å². The molecule has 6 heteroatoms. The fourth-order valence-corrected chi connectivity index (χ4v) is 2.70. The van der Waals surface area contributed by atoms with Gasteiger partial charge in [-0.2, -0.15) is 4.68 Å². The second kappa shape index (κ2) is 6.17. The van der Waals surface area contributed by atoms with Crippen LogP contribution in [0.25, 0.3) is 5.69 Å². The van der Waals surface area contributed by atoms with E-state index in [2.05, 4.69) is 10.3 Å². The van der Waals surface area contributed by atoms with Crippen LogP contribution in [-0.4, -0.2) is 27.1 Å². The number of aromatic nitrogens is 3. The van der Waals surface area contributed by atoms with Crippen LogP contribution in [0.4, 0.5) is 5.82 Å². The van der Waals surface area contributed by atoms with Gasteiger partial charge in [-0.1, -0.05) is 29.3 Å². The number of nitrogens with zero attached hydrogens (tertiary/aromatic N) is 3. The van der Waals surface area contributed by atoms with Crippen molar-refractivity contribution < 1.29 is 9.53 Å². The molecule has 0 unspecified atom stereocenters. The Balaban J connectivity index is 1.77. The minimum Gasteiger partial charge on any atom is -0.458 e. The molecule has 3 rings (SSSR count). The van der Waals surface area contributed by atoms with Crippen LogP contribution < -0.4 is 5.73 Å². The van der Waals surface area contributed by atoms with Crippen molar-refractivity contribution in [3.63, 3.8) is 0 Å². The molecule has 1 aliphatic rings. The topological polar surface area (TPSA) is 83.0 Å². The highest BCUT2D eigenvalue weighted by atomic mass is 16.5. The van der Waals surface area contributed by atoms with Crippen LogP contribution in [0.15, 0.2) is 24.3 Å². The molecular weight excluding hydrogens is 280 g/mol. The molecular formula is C16H20N4O2. The lowest BCUT2D eigenvalue weighted by molar-refractivity contribution is 0.0205. The zero-order chi connectivity index (χ0) is 15.5. The number of ether oxygens (including phenoxy) is 1. The van der Waals surface area contributed by atoms with Crippen LogP contribution >= 0.6 is 0 Å². The van der Waals surface area contributed by atoms with Gasteiger partial charge in [-0.05, 0) is 44.7 Å². The van der Waals surface area contributed by atoms with Crippen molar-refractivity contribution in [3.05, 3.63) is 35.5 Å². The molecule has 1 fully saturated rings. The van der Waals surface area contributed by atoms with Crippen LogP contribution in [0.3, 0.4) is 0 Å². The number of anilines is 1. The van der Waals surface area contributed by atoms with Crippen molar-refractivity contribution in [1.29, 1.82) is 0 Å². The van der Waals surface area contributed by atoms with Gasteiger partial charge in [-0.25, -0.2) is 4.79 Å². The van der Waals surface area contributed by atoms with E-state index in [4.69, 9.17) is 10.5 Å². The fraction of sp³-hybridized carbons (Fsp3) is 0.438. The summed E-state index contributed by atoms with van der Waals surface area (Å²) in [6, 6.07) is 7.68.